The van der Waals surface area contributed by atoms with Crippen LogP contribution in [0, 0.1) is 7.14 Å². The van der Waals surface area contributed by atoms with Gasteiger partial charge in [0, 0.05) is 31.2 Å². The lowest BCUT2D eigenvalue weighted by molar-refractivity contribution is 0.0951. The fraction of sp³-hybridized carbons (Fsp3) is 0.167. The molecule has 3 nitrogen and oxygen atoms in total. The summed E-state index contributed by atoms with van der Waals surface area (Å²) in [5.41, 5.74) is 3.40. The lowest BCUT2D eigenvalue weighted by Gasteiger charge is -2.08. The van der Waals surface area contributed by atoms with E-state index in [1.807, 2.05) is 30.3 Å². The van der Waals surface area contributed by atoms with Gasteiger partial charge in [0.15, 0.2) is 5.78 Å². The van der Waals surface area contributed by atoms with Crippen molar-refractivity contribution in [3.8, 4) is 0 Å². The summed E-state index contributed by atoms with van der Waals surface area (Å²) in [5, 5.41) is 2.92. The van der Waals surface area contributed by atoms with Crippen molar-refractivity contribution in [1.82, 2.24) is 5.32 Å². The summed E-state index contributed by atoms with van der Waals surface area (Å²) in [7, 11) is 0. The molecule has 5 heteroatoms. The van der Waals surface area contributed by atoms with Crippen molar-refractivity contribution in [2.24, 2.45) is 0 Å². The van der Waals surface area contributed by atoms with Crippen LogP contribution in [0.4, 0.5) is 0 Å². The average molecular weight is 609 g/mol. The summed E-state index contributed by atoms with van der Waals surface area (Å²) < 4.78 is 2.34. The Kier molecular flexibility index (Phi) is 8.23. The second kappa shape index (κ2) is 10.9. The van der Waals surface area contributed by atoms with Gasteiger partial charge in [0.25, 0.3) is 5.91 Å². The molecule has 3 rings (SSSR count). The van der Waals surface area contributed by atoms with Crippen LogP contribution in [0.15, 0.2) is 72.8 Å². The molecule has 0 aliphatic carbocycles. The van der Waals surface area contributed by atoms with Gasteiger partial charge in [-0.05, 0) is 106 Å². The fourth-order valence-corrected chi connectivity index (χ4v) is 4.27. The molecular weight excluding hydrogens is 588 g/mol. The van der Waals surface area contributed by atoms with Gasteiger partial charge in [-0.25, -0.2) is 0 Å². The molecule has 148 valence electrons. The molecular formula is C24H21I2NO2. The van der Waals surface area contributed by atoms with E-state index < -0.39 is 0 Å². The molecule has 0 bridgehead atoms. The second-order valence-corrected chi connectivity index (χ2v) is 9.29. The molecule has 1 amide bonds. The van der Waals surface area contributed by atoms with E-state index in [1.165, 1.54) is 9.13 Å². The first kappa shape index (κ1) is 22.0. The van der Waals surface area contributed by atoms with Crippen LogP contribution in [0.25, 0.3) is 0 Å². The standard InChI is InChI=1S/C24H21I2NO2/c25-21-10-1-5-17(13-21)6-3-12-23(28)19-8-4-9-20(15-19)24(29)27-16-18-7-2-11-22(26)14-18/h1-2,4-5,7-11,13-15H,3,6,12,16H2,(H,27,29). The molecule has 0 atom stereocenters. The number of Topliss-reactive ketones (excluding diaryl/α,β-unsaturated/α-hetero) is 1. The van der Waals surface area contributed by atoms with Crippen molar-refractivity contribution in [1.29, 1.82) is 0 Å². The summed E-state index contributed by atoms with van der Waals surface area (Å²) in [5.74, 6) is -0.0970. The van der Waals surface area contributed by atoms with Crippen molar-refractivity contribution in [2.75, 3.05) is 0 Å². The van der Waals surface area contributed by atoms with E-state index >= 15 is 0 Å². The molecule has 0 saturated heterocycles. The predicted molar refractivity (Wildman–Crippen MR) is 133 cm³/mol. The van der Waals surface area contributed by atoms with Gasteiger partial charge >= 0.3 is 0 Å². The van der Waals surface area contributed by atoms with Crippen LogP contribution in [0.3, 0.4) is 0 Å². The predicted octanol–water partition coefficient (Wildman–Crippen LogP) is 6.03. The van der Waals surface area contributed by atoms with Crippen LogP contribution in [-0.4, -0.2) is 11.7 Å². The fourth-order valence-electron chi connectivity index (χ4n) is 3.06. The largest absolute Gasteiger partial charge is 0.348 e. The van der Waals surface area contributed by atoms with Gasteiger partial charge in [-0.1, -0.05) is 36.4 Å². The first-order valence-electron chi connectivity index (χ1n) is 9.41. The number of halogens is 2. The minimum Gasteiger partial charge on any atom is -0.348 e. The number of benzene rings is 3. The second-order valence-electron chi connectivity index (χ2n) is 6.80. The summed E-state index contributed by atoms with van der Waals surface area (Å²) >= 11 is 4.55. The summed E-state index contributed by atoms with van der Waals surface area (Å²) in [6.07, 6.45) is 2.14. The van der Waals surface area contributed by atoms with E-state index in [9.17, 15) is 9.59 Å². The molecule has 3 aromatic carbocycles. The zero-order valence-electron chi connectivity index (χ0n) is 15.8. The molecule has 1 N–H and O–H groups in total. The van der Waals surface area contributed by atoms with E-state index in [0.29, 0.717) is 24.1 Å². The van der Waals surface area contributed by atoms with Gasteiger partial charge < -0.3 is 5.32 Å². The minimum absolute atomic E-state index is 0.0721. The number of carbonyl (C=O) groups excluding carboxylic acids is 2. The zero-order valence-corrected chi connectivity index (χ0v) is 20.1. The third-order valence-corrected chi connectivity index (χ3v) is 5.89. The lowest BCUT2D eigenvalue weighted by atomic mass is 10.0. The monoisotopic (exact) mass is 609 g/mol. The maximum atomic E-state index is 12.6. The molecule has 0 radical (unpaired) electrons. The van der Waals surface area contributed by atoms with E-state index in [2.05, 4.69) is 68.7 Å². The van der Waals surface area contributed by atoms with Gasteiger partial charge in [-0.2, -0.15) is 0 Å². The highest BCUT2D eigenvalue weighted by atomic mass is 127. The number of ketones is 1. The molecule has 0 aromatic heterocycles. The highest BCUT2D eigenvalue weighted by Gasteiger charge is 2.11. The summed E-state index contributed by atoms with van der Waals surface area (Å²) in [4.78, 5) is 25.0. The highest BCUT2D eigenvalue weighted by molar-refractivity contribution is 14.1. The third kappa shape index (κ3) is 6.92. The molecule has 0 spiro atoms. The lowest BCUT2D eigenvalue weighted by Crippen LogP contribution is -2.23. The van der Waals surface area contributed by atoms with Crippen molar-refractivity contribution in [3.63, 3.8) is 0 Å². The van der Waals surface area contributed by atoms with Gasteiger partial charge in [0.2, 0.25) is 0 Å². The summed E-state index contributed by atoms with van der Waals surface area (Å²) in [6.45, 7) is 0.462. The van der Waals surface area contributed by atoms with E-state index in [0.717, 1.165) is 22.0 Å². The van der Waals surface area contributed by atoms with Gasteiger partial charge in [0.05, 0.1) is 0 Å². The maximum Gasteiger partial charge on any atom is 0.251 e. The van der Waals surface area contributed by atoms with Crippen LogP contribution in [0.5, 0.6) is 0 Å². The van der Waals surface area contributed by atoms with Crippen LogP contribution in [-0.2, 0) is 13.0 Å². The van der Waals surface area contributed by atoms with E-state index in [4.69, 9.17) is 0 Å². The smallest absolute Gasteiger partial charge is 0.251 e. The number of rotatable bonds is 8. The Morgan fingerprint density at radius 3 is 2.10 bits per heavy atom. The van der Waals surface area contributed by atoms with Crippen molar-refractivity contribution in [2.45, 2.75) is 25.8 Å². The number of carbonyl (C=O) groups is 2. The maximum absolute atomic E-state index is 12.6. The molecule has 0 aliphatic rings. The van der Waals surface area contributed by atoms with Gasteiger partial charge in [-0.3, -0.25) is 9.59 Å². The minimum atomic E-state index is -0.169. The number of amides is 1. The van der Waals surface area contributed by atoms with Crippen molar-refractivity contribution < 1.29 is 9.59 Å². The first-order chi connectivity index (χ1) is 14.0. The van der Waals surface area contributed by atoms with Gasteiger partial charge in [0.1, 0.15) is 0 Å². The Morgan fingerprint density at radius 1 is 0.759 bits per heavy atom. The number of nitrogens with one attached hydrogen (secondary N) is 1. The number of aryl methyl sites for hydroxylation is 1. The van der Waals surface area contributed by atoms with Crippen LogP contribution in [0.1, 0.15) is 44.7 Å². The number of hydrogen-bond donors (Lipinski definition) is 1. The molecule has 0 fully saturated rings. The Labute approximate surface area is 198 Å². The van der Waals surface area contributed by atoms with Crippen molar-refractivity contribution >= 4 is 56.9 Å². The van der Waals surface area contributed by atoms with E-state index in [-0.39, 0.29) is 11.7 Å². The SMILES string of the molecule is O=C(CCCc1cccc(I)c1)c1cccc(C(=O)NCc2cccc(I)c2)c1. The highest BCUT2D eigenvalue weighted by Crippen LogP contribution is 2.14. The topological polar surface area (TPSA) is 46.2 Å². The number of hydrogen-bond acceptors (Lipinski definition) is 2. The average Bonchev–Trinajstić information content (AvgIpc) is 2.72. The Morgan fingerprint density at radius 2 is 1.38 bits per heavy atom. The van der Waals surface area contributed by atoms with Crippen LogP contribution >= 0.6 is 45.2 Å². The molecule has 3 aromatic rings. The molecule has 0 unspecified atom stereocenters. The van der Waals surface area contributed by atoms with Gasteiger partial charge in [-0.15, -0.1) is 0 Å². The molecule has 29 heavy (non-hydrogen) atoms. The summed E-state index contributed by atoms with van der Waals surface area (Å²) in [6, 6.07) is 23.3. The quantitative estimate of drug-likeness (QED) is 0.251. The Bertz CT molecular complexity index is 1020. The Hall–Kier alpha value is -1.74. The molecule has 0 heterocycles. The van der Waals surface area contributed by atoms with Crippen molar-refractivity contribution in [3.05, 3.63) is 102 Å². The first-order valence-corrected chi connectivity index (χ1v) is 11.6. The van der Waals surface area contributed by atoms with Crippen LogP contribution in [0.2, 0.25) is 0 Å². The zero-order chi connectivity index (χ0) is 20.6. The third-order valence-electron chi connectivity index (χ3n) is 4.55. The Balaban J connectivity index is 1.55. The van der Waals surface area contributed by atoms with Crippen LogP contribution < -0.4 is 5.32 Å². The normalized spacial score (nSPS) is 10.6. The molecule has 0 saturated carbocycles. The van der Waals surface area contributed by atoms with E-state index in [1.54, 1.807) is 24.3 Å². The molecule has 0 aliphatic heterocycles.